The molecule has 3 unspecified atom stereocenters. The molecule has 0 aliphatic carbocycles. The van der Waals surface area contributed by atoms with E-state index >= 15 is 0 Å². The van der Waals surface area contributed by atoms with Crippen LogP contribution < -0.4 is 0 Å². The van der Waals surface area contributed by atoms with Crippen molar-refractivity contribution in [3.63, 3.8) is 0 Å². The fourth-order valence-electron chi connectivity index (χ4n) is 3.86. The molecule has 6 heteroatoms. The molecule has 0 spiro atoms. The molecule has 3 N–H and O–H groups in total. The largest absolute Gasteiger partial charge is 0.508 e. The van der Waals surface area contributed by atoms with Gasteiger partial charge < -0.3 is 20.1 Å². The highest BCUT2D eigenvalue weighted by Crippen LogP contribution is 2.38. The van der Waals surface area contributed by atoms with E-state index in [0.717, 1.165) is 28.0 Å². The van der Waals surface area contributed by atoms with Gasteiger partial charge in [0, 0.05) is 39.4 Å². The van der Waals surface area contributed by atoms with Gasteiger partial charge in [0.15, 0.2) is 0 Å². The molecule has 1 aliphatic rings. The smallest absolute Gasteiger partial charge is 0.121 e. The van der Waals surface area contributed by atoms with Gasteiger partial charge in [0.2, 0.25) is 0 Å². The van der Waals surface area contributed by atoms with E-state index in [0.29, 0.717) is 18.4 Å². The van der Waals surface area contributed by atoms with Gasteiger partial charge in [0.1, 0.15) is 5.75 Å². The highest BCUT2D eigenvalue weighted by Gasteiger charge is 2.30. The van der Waals surface area contributed by atoms with Crippen molar-refractivity contribution < 1.29 is 20.1 Å². The number of halogens is 1. The fourth-order valence-corrected chi connectivity index (χ4v) is 5.11. The summed E-state index contributed by atoms with van der Waals surface area (Å²) in [5.41, 5.74) is 2.78. The molecule has 3 atom stereocenters. The highest BCUT2D eigenvalue weighted by molar-refractivity contribution is 7.19. The number of aromatic hydroxyl groups is 1. The second-order valence-corrected chi connectivity index (χ2v) is 9.07. The Labute approximate surface area is 173 Å². The summed E-state index contributed by atoms with van der Waals surface area (Å²) in [6.07, 6.45) is 0.179. The third kappa shape index (κ3) is 4.04. The Balaban J connectivity index is 1.64. The number of hydrogen-bond acceptors (Lipinski definition) is 5. The number of phenolic OH excluding ortho intramolecular Hbond substituents is 1. The lowest BCUT2D eigenvalue weighted by molar-refractivity contribution is -0.114. The summed E-state index contributed by atoms with van der Waals surface area (Å²) >= 11 is 7.83. The summed E-state index contributed by atoms with van der Waals surface area (Å²) in [6, 6.07) is 11.8. The van der Waals surface area contributed by atoms with Gasteiger partial charge in [-0.2, -0.15) is 0 Å². The van der Waals surface area contributed by atoms with E-state index in [1.807, 2.05) is 31.2 Å². The number of fused-ring (bicyclic) bond motifs is 1. The van der Waals surface area contributed by atoms with E-state index in [1.165, 1.54) is 9.58 Å². The molecular weight excluding hydrogens is 396 g/mol. The first kappa shape index (κ1) is 19.7. The monoisotopic (exact) mass is 418 g/mol. The standard InChI is InChI=1S/C22H23ClO4S/c1-12-4-20(26)19(21-10-16(25)9-17(11-24)27-21)8-13(12)6-18-7-14-5-15(23)2-3-22(14)28-18/h2-5,7-8,16-17,21,24-26H,6,9-11H2,1H3. The molecule has 2 aromatic carbocycles. The Morgan fingerprint density at radius 1 is 1.18 bits per heavy atom. The summed E-state index contributed by atoms with van der Waals surface area (Å²) in [5, 5.41) is 31.9. The predicted octanol–water partition coefficient (Wildman–Crippen LogP) is 4.73. The third-order valence-corrected chi connectivity index (χ3v) is 6.66. The van der Waals surface area contributed by atoms with Crippen molar-refractivity contribution in [2.24, 2.45) is 0 Å². The molecule has 1 aliphatic heterocycles. The number of aliphatic hydroxyl groups is 2. The van der Waals surface area contributed by atoms with Crippen LogP contribution in [0.3, 0.4) is 0 Å². The number of ether oxygens (including phenoxy) is 1. The molecule has 4 rings (SSSR count). The van der Waals surface area contributed by atoms with Crippen LogP contribution in [0.2, 0.25) is 5.02 Å². The molecule has 0 radical (unpaired) electrons. The molecule has 1 aromatic heterocycles. The number of rotatable bonds is 4. The van der Waals surface area contributed by atoms with Gasteiger partial charge in [-0.3, -0.25) is 0 Å². The lowest BCUT2D eigenvalue weighted by atomic mass is 9.92. The molecule has 0 saturated carbocycles. The van der Waals surface area contributed by atoms with Crippen LogP contribution in [0.15, 0.2) is 36.4 Å². The molecule has 4 nitrogen and oxygen atoms in total. The number of hydrogen-bond donors (Lipinski definition) is 3. The number of aryl methyl sites for hydroxylation is 1. The van der Waals surface area contributed by atoms with Crippen molar-refractivity contribution in [3.05, 3.63) is 63.0 Å². The molecule has 148 valence electrons. The Kier molecular flexibility index (Phi) is 5.63. The van der Waals surface area contributed by atoms with Gasteiger partial charge in [-0.1, -0.05) is 11.6 Å². The van der Waals surface area contributed by atoms with Crippen molar-refractivity contribution in [1.29, 1.82) is 0 Å². The molecule has 0 bridgehead atoms. The average Bonchev–Trinajstić information content (AvgIpc) is 3.04. The van der Waals surface area contributed by atoms with E-state index in [-0.39, 0.29) is 12.4 Å². The Morgan fingerprint density at radius 2 is 2.00 bits per heavy atom. The molecule has 1 saturated heterocycles. The second-order valence-electron chi connectivity index (χ2n) is 7.46. The zero-order valence-corrected chi connectivity index (χ0v) is 17.1. The molecule has 1 fully saturated rings. The van der Waals surface area contributed by atoms with Gasteiger partial charge in [-0.15, -0.1) is 11.3 Å². The fraction of sp³-hybridized carbons (Fsp3) is 0.364. The van der Waals surface area contributed by atoms with E-state index < -0.39 is 18.3 Å². The van der Waals surface area contributed by atoms with Gasteiger partial charge in [0.05, 0.1) is 24.9 Å². The zero-order chi connectivity index (χ0) is 19.8. The van der Waals surface area contributed by atoms with E-state index in [1.54, 1.807) is 17.4 Å². The molecular formula is C22H23ClO4S. The lowest BCUT2D eigenvalue weighted by Crippen LogP contribution is -2.33. The van der Waals surface area contributed by atoms with Crippen LogP contribution in [0.25, 0.3) is 10.1 Å². The summed E-state index contributed by atoms with van der Waals surface area (Å²) in [5.74, 6) is 0.167. The van der Waals surface area contributed by atoms with E-state index in [9.17, 15) is 15.3 Å². The first-order valence-electron chi connectivity index (χ1n) is 9.37. The van der Waals surface area contributed by atoms with Crippen molar-refractivity contribution in [2.75, 3.05) is 6.61 Å². The Morgan fingerprint density at radius 3 is 2.79 bits per heavy atom. The first-order valence-corrected chi connectivity index (χ1v) is 10.6. The van der Waals surface area contributed by atoms with E-state index in [4.69, 9.17) is 16.3 Å². The summed E-state index contributed by atoms with van der Waals surface area (Å²) in [4.78, 5) is 1.22. The summed E-state index contributed by atoms with van der Waals surface area (Å²) in [6.45, 7) is 1.84. The van der Waals surface area contributed by atoms with Gasteiger partial charge >= 0.3 is 0 Å². The maximum Gasteiger partial charge on any atom is 0.121 e. The lowest BCUT2D eigenvalue weighted by Gasteiger charge is -2.33. The average molecular weight is 419 g/mol. The normalized spacial score (nSPS) is 22.6. The minimum absolute atomic E-state index is 0.141. The van der Waals surface area contributed by atoms with E-state index in [2.05, 4.69) is 6.07 Å². The molecule has 3 aromatic rings. The molecule has 28 heavy (non-hydrogen) atoms. The quantitative estimate of drug-likeness (QED) is 0.572. The summed E-state index contributed by atoms with van der Waals surface area (Å²) in [7, 11) is 0. The maximum absolute atomic E-state index is 10.5. The van der Waals surface area contributed by atoms with Crippen molar-refractivity contribution in [2.45, 2.75) is 44.5 Å². The van der Waals surface area contributed by atoms with Crippen LogP contribution in [0.1, 0.15) is 40.5 Å². The van der Waals surface area contributed by atoms with Crippen molar-refractivity contribution >= 4 is 33.0 Å². The molecule has 2 heterocycles. The van der Waals surface area contributed by atoms with Gasteiger partial charge in [-0.05, 0) is 59.8 Å². The highest BCUT2D eigenvalue weighted by atomic mass is 35.5. The van der Waals surface area contributed by atoms with Crippen LogP contribution in [0.5, 0.6) is 5.75 Å². The maximum atomic E-state index is 10.5. The predicted molar refractivity (Wildman–Crippen MR) is 112 cm³/mol. The number of benzene rings is 2. The minimum Gasteiger partial charge on any atom is -0.508 e. The Bertz CT molecular complexity index is 1000. The van der Waals surface area contributed by atoms with Crippen LogP contribution in [0.4, 0.5) is 0 Å². The van der Waals surface area contributed by atoms with Crippen LogP contribution in [-0.4, -0.2) is 34.1 Å². The topological polar surface area (TPSA) is 69.9 Å². The first-order chi connectivity index (χ1) is 13.4. The second kappa shape index (κ2) is 8.01. The number of aliphatic hydroxyl groups excluding tert-OH is 2. The molecule has 0 amide bonds. The zero-order valence-electron chi connectivity index (χ0n) is 15.6. The minimum atomic E-state index is -0.549. The Hall–Kier alpha value is -1.63. The van der Waals surface area contributed by atoms with Gasteiger partial charge in [-0.25, -0.2) is 0 Å². The van der Waals surface area contributed by atoms with Gasteiger partial charge in [0.25, 0.3) is 0 Å². The SMILES string of the molecule is Cc1cc(O)c(C2CC(O)CC(CO)O2)cc1Cc1cc2cc(Cl)ccc2s1. The van der Waals surface area contributed by atoms with Crippen molar-refractivity contribution in [1.82, 2.24) is 0 Å². The van der Waals surface area contributed by atoms with Crippen LogP contribution in [-0.2, 0) is 11.2 Å². The van der Waals surface area contributed by atoms with Crippen LogP contribution >= 0.6 is 22.9 Å². The number of phenols is 1. The number of thiophene rings is 1. The third-order valence-electron chi connectivity index (χ3n) is 5.31. The van der Waals surface area contributed by atoms with Crippen molar-refractivity contribution in [3.8, 4) is 5.75 Å². The van der Waals surface area contributed by atoms with Crippen LogP contribution in [0, 0.1) is 6.92 Å². The summed E-state index contributed by atoms with van der Waals surface area (Å²) < 4.78 is 7.09.